The van der Waals surface area contributed by atoms with E-state index in [1.54, 1.807) is 12.1 Å². The second-order valence-corrected chi connectivity index (χ2v) is 4.38. The van der Waals surface area contributed by atoms with Crippen LogP contribution in [0.5, 0.6) is 0 Å². The lowest BCUT2D eigenvalue weighted by Crippen LogP contribution is -2.41. The summed E-state index contributed by atoms with van der Waals surface area (Å²) in [5.74, 6) is -0.908. The molecule has 0 spiro atoms. The molecule has 0 bridgehead atoms. The van der Waals surface area contributed by atoms with E-state index in [0.717, 1.165) is 31.5 Å². The molecule has 0 saturated carbocycles. The van der Waals surface area contributed by atoms with Crippen LogP contribution < -0.4 is 4.90 Å². The van der Waals surface area contributed by atoms with Crippen LogP contribution in [0.15, 0.2) is 24.3 Å². The van der Waals surface area contributed by atoms with Crippen molar-refractivity contribution in [1.29, 1.82) is 0 Å². The molecule has 1 unspecified atom stereocenters. The van der Waals surface area contributed by atoms with Crippen LogP contribution in [0.1, 0.15) is 29.6 Å². The fourth-order valence-electron chi connectivity index (χ4n) is 2.33. The highest BCUT2D eigenvalue weighted by atomic mass is 16.4. The van der Waals surface area contributed by atoms with Crippen LogP contribution in [0.25, 0.3) is 0 Å². The Bertz CT molecular complexity index is 388. The SMILES string of the molecule is O=C(O)c1ccc(N2CCCCC2CO)cc1. The molecule has 4 heteroatoms. The molecule has 1 aliphatic heterocycles. The standard InChI is InChI=1S/C13H17NO3/c15-9-12-3-1-2-8-14(12)11-6-4-10(5-7-11)13(16)17/h4-7,12,15H,1-3,8-9H2,(H,16,17). The first-order valence-electron chi connectivity index (χ1n) is 5.93. The van der Waals surface area contributed by atoms with Gasteiger partial charge in [0.1, 0.15) is 0 Å². The lowest BCUT2D eigenvalue weighted by Gasteiger charge is -2.36. The molecule has 92 valence electrons. The number of carboxylic acid groups (broad SMARTS) is 1. The number of nitrogens with zero attached hydrogens (tertiary/aromatic N) is 1. The van der Waals surface area contributed by atoms with Crippen LogP contribution >= 0.6 is 0 Å². The molecule has 1 aromatic carbocycles. The molecule has 17 heavy (non-hydrogen) atoms. The van der Waals surface area contributed by atoms with E-state index in [9.17, 15) is 9.90 Å². The highest BCUT2D eigenvalue weighted by molar-refractivity contribution is 5.88. The third-order valence-electron chi connectivity index (χ3n) is 3.28. The Kier molecular flexibility index (Phi) is 3.64. The lowest BCUT2D eigenvalue weighted by molar-refractivity contribution is 0.0697. The van der Waals surface area contributed by atoms with E-state index in [-0.39, 0.29) is 12.6 Å². The number of benzene rings is 1. The molecule has 1 heterocycles. The molecule has 1 saturated heterocycles. The number of hydrogen-bond donors (Lipinski definition) is 2. The van der Waals surface area contributed by atoms with Crippen molar-refractivity contribution in [2.45, 2.75) is 25.3 Å². The van der Waals surface area contributed by atoms with Crippen molar-refractivity contribution in [3.05, 3.63) is 29.8 Å². The molecular formula is C13H17NO3. The summed E-state index contributed by atoms with van der Waals surface area (Å²) in [6.07, 6.45) is 3.27. The highest BCUT2D eigenvalue weighted by Crippen LogP contribution is 2.24. The smallest absolute Gasteiger partial charge is 0.335 e. The summed E-state index contributed by atoms with van der Waals surface area (Å²) >= 11 is 0. The van der Waals surface area contributed by atoms with Gasteiger partial charge in [0.15, 0.2) is 0 Å². The molecule has 1 aliphatic rings. The number of rotatable bonds is 3. The van der Waals surface area contributed by atoms with E-state index in [0.29, 0.717) is 5.56 Å². The van der Waals surface area contributed by atoms with Gasteiger partial charge >= 0.3 is 5.97 Å². The van der Waals surface area contributed by atoms with E-state index in [1.807, 2.05) is 12.1 Å². The minimum absolute atomic E-state index is 0.153. The maximum absolute atomic E-state index is 10.8. The first-order chi connectivity index (χ1) is 8.22. The summed E-state index contributed by atoms with van der Waals surface area (Å²) in [5, 5.41) is 18.2. The Morgan fingerprint density at radius 2 is 2.00 bits per heavy atom. The number of aliphatic hydroxyl groups is 1. The zero-order valence-corrected chi connectivity index (χ0v) is 9.67. The van der Waals surface area contributed by atoms with Gasteiger partial charge in [-0.3, -0.25) is 0 Å². The van der Waals surface area contributed by atoms with Crippen LogP contribution in [0.2, 0.25) is 0 Å². The third-order valence-corrected chi connectivity index (χ3v) is 3.28. The average molecular weight is 235 g/mol. The molecule has 2 rings (SSSR count). The zero-order chi connectivity index (χ0) is 12.3. The van der Waals surface area contributed by atoms with Crippen molar-refractivity contribution in [2.24, 2.45) is 0 Å². The Morgan fingerprint density at radius 1 is 1.29 bits per heavy atom. The third kappa shape index (κ3) is 2.58. The van der Waals surface area contributed by atoms with Gasteiger partial charge in [0.25, 0.3) is 0 Å². The number of anilines is 1. The second kappa shape index (κ2) is 5.19. The molecule has 1 fully saturated rings. The Morgan fingerprint density at radius 3 is 2.59 bits per heavy atom. The summed E-state index contributed by atoms with van der Waals surface area (Å²) in [6.45, 7) is 1.08. The monoisotopic (exact) mass is 235 g/mol. The van der Waals surface area contributed by atoms with Gasteiger partial charge in [-0.1, -0.05) is 0 Å². The van der Waals surface area contributed by atoms with E-state index in [2.05, 4.69) is 4.90 Å². The van der Waals surface area contributed by atoms with Crippen molar-refractivity contribution in [3.63, 3.8) is 0 Å². The fraction of sp³-hybridized carbons (Fsp3) is 0.462. The summed E-state index contributed by atoms with van der Waals surface area (Å²) in [4.78, 5) is 12.9. The highest BCUT2D eigenvalue weighted by Gasteiger charge is 2.21. The predicted octanol–water partition coefficient (Wildman–Crippen LogP) is 1.74. The fourth-order valence-corrected chi connectivity index (χ4v) is 2.33. The number of piperidine rings is 1. The maximum atomic E-state index is 10.8. The average Bonchev–Trinajstić information content (AvgIpc) is 2.39. The van der Waals surface area contributed by atoms with Crippen molar-refractivity contribution >= 4 is 11.7 Å². The summed E-state index contributed by atoms with van der Waals surface area (Å²) in [5.41, 5.74) is 1.29. The van der Waals surface area contributed by atoms with Gasteiger partial charge in [-0.2, -0.15) is 0 Å². The second-order valence-electron chi connectivity index (χ2n) is 4.38. The zero-order valence-electron chi connectivity index (χ0n) is 9.67. The summed E-state index contributed by atoms with van der Waals surface area (Å²) in [7, 11) is 0. The minimum atomic E-state index is -0.908. The molecular weight excluding hydrogens is 218 g/mol. The largest absolute Gasteiger partial charge is 0.478 e. The van der Waals surface area contributed by atoms with Gasteiger partial charge in [-0.05, 0) is 43.5 Å². The van der Waals surface area contributed by atoms with E-state index >= 15 is 0 Å². The van der Waals surface area contributed by atoms with Crippen LogP contribution in [-0.2, 0) is 0 Å². The van der Waals surface area contributed by atoms with Gasteiger partial charge in [0.05, 0.1) is 18.2 Å². The first kappa shape index (κ1) is 11.9. The number of carboxylic acids is 1. The molecule has 2 N–H and O–H groups in total. The Balaban J connectivity index is 2.17. The van der Waals surface area contributed by atoms with Crippen LogP contribution in [0.3, 0.4) is 0 Å². The van der Waals surface area contributed by atoms with Crippen LogP contribution in [0, 0.1) is 0 Å². The molecule has 0 aromatic heterocycles. The van der Waals surface area contributed by atoms with Crippen molar-refractivity contribution in [1.82, 2.24) is 0 Å². The molecule has 0 aliphatic carbocycles. The van der Waals surface area contributed by atoms with Gasteiger partial charge in [0, 0.05) is 12.2 Å². The van der Waals surface area contributed by atoms with Gasteiger partial charge < -0.3 is 15.1 Å². The number of aromatic carboxylic acids is 1. The summed E-state index contributed by atoms with van der Waals surface area (Å²) < 4.78 is 0. The van der Waals surface area contributed by atoms with Crippen LogP contribution in [0.4, 0.5) is 5.69 Å². The predicted molar refractivity (Wildman–Crippen MR) is 65.5 cm³/mol. The molecule has 1 aromatic rings. The Hall–Kier alpha value is -1.55. The number of carbonyl (C=O) groups is 1. The van der Waals surface area contributed by atoms with E-state index in [4.69, 9.17) is 5.11 Å². The molecule has 1 atom stereocenters. The normalized spacial score (nSPS) is 20.3. The number of aliphatic hydroxyl groups excluding tert-OH is 1. The molecule has 0 amide bonds. The van der Waals surface area contributed by atoms with Crippen molar-refractivity contribution < 1.29 is 15.0 Å². The van der Waals surface area contributed by atoms with Crippen molar-refractivity contribution in [2.75, 3.05) is 18.1 Å². The van der Waals surface area contributed by atoms with Gasteiger partial charge in [-0.25, -0.2) is 4.79 Å². The molecule has 0 radical (unpaired) electrons. The molecule has 4 nitrogen and oxygen atoms in total. The van der Waals surface area contributed by atoms with E-state index < -0.39 is 5.97 Å². The van der Waals surface area contributed by atoms with Crippen LogP contribution in [-0.4, -0.2) is 35.4 Å². The topological polar surface area (TPSA) is 60.8 Å². The van der Waals surface area contributed by atoms with Crippen molar-refractivity contribution in [3.8, 4) is 0 Å². The lowest BCUT2D eigenvalue weighted by atomic mass is 10.0. The first-order valence-corrected chi connectivity index (χ1v) is 5.93. The maximum Gasteiger partial charge on any atom is 0.335 e. The number of hydrogen-bond acceptors (Lipinski definition) is 3. The Labute approximate surface area is 100 Å². The van der Waals surface area contributed by atoms with Gasteiger partial charge in [0.2, 0.25) is 0 Å². The van der Waals surface area contributed by atoms with E-state index in [1.165, 1.54) is 0 Å². The summed E-state index contributed by atoms with van der Waals surface area (Å²) in [6, 6.07) is 7.02. The quantitative estimate of drug-likeness (QED) is 0.837. The van der Waals surface area contributed by atoms with Gasteiger partial charge in [-0.15, -0.1) is 0 Å². The minimum Gasteiger partial charge on any atom is -0.478 e.